The molecule has 0 radical (unpaired) electrons. The van der Waals surface area contributed by atoms with Crippen LogP contribution >= 0.6 is 0 Å². The van der Waals surface area contributed by atoms with Gasteiger partial charge >= 0.3 is 0 Å². The van der Waals surface area contributed by atoms with Gasteiger partial charge in [-0.2, -0.15) is 4.31 Å². The van der Waals surface area contributed by atoms with Crippen LogP contribution in [0.15, 0.2) is 47.4 Å². The normalized spacial score (nSPS) is 15.5. The summed E-state index contributed by atoms with van der Waals surface area (Å²) in [6, 6.07) is 13.1. The predicted molar refractivity (Wildman–Crippen MR) is 87.2 cm³/mol. The van der Waals surface area contributed by atoms with E-state index in [1.165, 1.54) is 0 Å². The van der Waals surface area contributed by atoms with Crippen molar-refractivity contribution in [2.24, 2.45) is 0 Å². The Hall–Kier alpha value is -1.43. The standard InChI is InChI=1S/C17H21NO3S/c19-13-4-3-12-18(15-10-11-15)22(20,21)17-9-5-7-14-6-1-2-8-16(14)17/h1-2,5-9,15,19H,3-4,10-13H2. The lowest BCUT2D eigenvalue weighted by atomic mass is 10.1. The van der Waals surface area contributed by atoms with Crippen LogP contribution in [0.5, 0.6) is 0 Å². The first-order chi connectivity index (χ1) is 10.6. The SMILES string of the molecule is O=S(=O)(c1cccc2ccccc12)N(CCCCO)C1CC1. The number of fused-ring (bicyclic) bond motifs is 1. The fourth-order valence-corrected chi connectivity index (χ4v) is 4.73. The molecule has 0 spiro atoms. The molecule has 0 atom stereocenters. The highest BCUT2D eigenvalue weighted by atomic mass is 32.2. The molecule has 0 bridgehead atoms. The molecule has 118 valence electrons. The van der Waals surface area contributed by atoms with Crippen molar-refractivity contribution in [3.63, 3.8) is 0 Å². The summed E-state index contributed by atoms with van der Waals surface area (Å²) in [7, 11) is -3.49. The minimum Gasteiger partial charge on any atom is -0.396 e. The molecular weight excluding hydrogens is 298 g/mol. The first-order valence-corrected chi connectivity index (χ1v) is 9.19. The topological polar surface area (TPSA) is 57.6 Å². The van der Waals surface area contributed by atoms with Gasteiger partial charge in [0.1, 0.15) is 0 Å². The van der Waals surface area contributed by atoms with E-state index in [1.54, 1.807) is 16.4 Å². The van der Waals surface area contributed by atoms with Gasteiger partial charge in [0.15, 0.2) is 0 Å². The molecule has 0 amide bonds. The Balaban J connectivity index is 1.99. The van der Waals surface area contributed by atoms with E-state index in [0.717, 1.165) is 23.6 Å². The lowest BCUT2D eigenvalue weighted by Crippen LogP contribution is -2.34. The van der Waals surface area contributed by atoms with Gasteiger partial charge in [-0.05, 0) is 37.1 Å². The van der Waals surface area contributed by atoms with E-state index in [4.69, 9.17) is 5.11 Å². The Morgan fingerprint density at radius 3 is 2.50 bits per heavy atom. The molecule has 5 heteroatoms. The third kappa shape index (κ3) is 3.02. The summed E-state index contributed by atoms with van der Waals surface area (Å²) >= 11 is 0. The number of benzene rings is 2. The van der Waals surface area contributed by atoms with Gasteiger partial charge in [0.25, 0.3) is 0 Å². The molecule has 2 aromatic carbocycles. The Labute approximate surface area is 131 Å². The van der Waals surface area contributed by atoms with Crippen LogP contribution in [0.1, 0.15) is 25.7 Å². The molecule has 2 aromatic rings. The van der Waals surface area contributed by atoms with Crippen molar-refractivity contribution < 1.29 is 13.5 Å². The van der Waals surface area contributed by atoms with Gasteiger partial charge in [0.2, 0.25) is 10.0 Å². The molecule has 0 saturated heterocycles. The molecule has 3 rings (SSSR count). The van der Waals surface area contributed by atoms with E-state index >= 15 is 0 Å². The molecule has 0 heterocycles. The zero-order valence-electron chi connectivity index (χ0n) is 12.5. The highest BCUT2D eigenvalue weighted by Gasteiger charge is 2.38. The molecule has 0 unspecified atom stereocenters. The highest BCUT2D eigenvalue weighted by Crippen LogP contribution is 2.34. The second-order valence-corrected chi connectivity index (χ2v) is 7.61. The largest absolute Gasteiger partial charge is 0.396 e. The first-order valence-electron chi connectivity index (χ1n) is 7.75. The van der Waals surface area contributed by atoms with Gasteiger partial charge in [-0.25, -0.2) is 8.42 Å². The van der Waals surface area contributed by atoms with Gasteiger partial charge in [0.05, 0.1) is 4.90 Å². The number of unbranched alkanes of at least 4 members (excludes halogenated alkanes) is 1. The molecule has 1 fully saturated rings. The quantitative estimate of drug-likeness (QED) is 0.798. The zero-order chi connectivity index (χ0) is 15.6. The predicted octanol–water partition coefficient (Wildman–Crippen LogP) is 2.77. The van der Waals surface area contributed by atoms with Crippen molar-refractivity contribution in [3.05, 3.63) is 42.5 Å². The minimum atomic E-state index is -3.49. The van der Waals surface area contributed by atoms with Gasteiger partial charge in [-0.3, -0.25) is 0 Å². The summed E-state index contributed by atoms with van der Waals surface area (Å²) in [5.41, 5.74) is 0. The summed E-state index contributed by atoms with van der Waals surface area (Å²) in [4.78, 5) is 0.390. The molecule has 1 aliphatic carbocycles. The zero-order valence-corrected chi connectivity index (χ0v) is 13.3. The van der Waals surface area contributed by atoms with Gasteiger partial charge in [-0.1, -0.05) is 36.4 Å². The van der Waals surface area contributed by atoms with Gasteiger partial charge in [0, 0.05) is 24.6 Å². The summed E-state index contributed by atoms with van der Waals surface area (Å²) in [6.45, 7) is 0.587. The molecular formula is C17H21NO3S. The maximum atomic E-state index is 13.1. The van der Waals surface area contributed by atoms with E-state index < -0.39 is 10.0 Å². The smallest absolute Gasteiger partial charge is 0.243 e. The first kappa shape index (κ1) is 15.5. The number of rotatable bonds is 7. The lowest BCUT2D eigenvalue weighted by molar-refractivity contribution is 0.275. The van der Waals surface area contributed by atoms with E-state index in [9.17, 15) is 8.42 Å². The Morgan fingerprint density at radius 2 is 1.77 bits per heavy atom. The minimum absolute atomic E-state index is 0.104. The van der Waals surface area contributed by atoms with Crippen molar-refractivity contribution in [3.8, 4) is 0 Å². The molecule has 1 N–H and O–H groups in total. The summed E-state index contributed by atoms with van der Waals surface area (Å²) in [5, 5.41) is 10.6. The fraction of sp³-hybridized carbons (Fsp3) is 0.412. The number of nitrogens with zero attached hydrogens (tertiary/aromatic N) is 1. The molecule has 1 saturated carbocycles. The van der Waals surface area contributed by atoms with Crippen LogP contribution in [-0.2, 0) is 10.0 Å². The Kier molecular flexibility index (Phi) is 4.47. The molecule has 4 nitrogen and oxygen atoms in total. The van der Waals surface area contributed by atoms with Crippen molar-refractivity contribution >= 4 is 20.8 Å². The van der Waals surface area contributed by atoms with Gasteiger partial charge in [-0.15, -0.1) is 0 Å². The monoisotopic (exact) mass is 319 g/mol. The summed E-state index contributed by atoms with van der Waals surface area (Å²) < 4.78 is 27.8. The molecule has 0 aliphatic heterocycles. The van der Waals surface area contributed by atoms with Crippen LogP contribution < -0.4 is 0 Å². The number of aliphatic hydroxyl groups excluding tert-OH is 1. The number of sulfonamides is 1. The summed E-state index contributed by atoms with van der Waals surface area (Å²) in [6.07, 6.45) is 3.19. The van der Waals surface area contributed by atoms with Crippen molar-refractivity contribution in [1.82, 2.24) is 4.31 Å². The van der Waals surface area contributed by atoms with Gasteiger partial charge < -0.3 is 5.11 Å². The Morgan fingerprint density at radius 1 is 1.05 bits per heavy atom. The maximum absolute atomic E-state index is 13.1. The number of hydrogen-bond acceptors (Lipinski definition) is 3. The van der Waals surface area contributed by atoms with E-state index in [0.29, 0.717) is 24.3 Å². The summed E-state index contributed by atoms with van der Waals surface area (Å²) in [5.74, 6) is 0. The van der Waals surface area contributed by atoms with E-state index in [1.807, 2.05) is 30.3 Å². The average molecular weight is 319 g/mol. The lowest BCUT2D eigenvalue weighted by Gasteiger charge is -2.22. The van der Waals surface area contributed by atoms with Crippen LogP contribution in [0.25, 0.3) is 10.8 Å². The molecule has 1 aliphatic rings. The maximum Gasteiger partial charge on any atom is 0.243 e. The second kappa shape index (κ2) is 6.36. The Bertz CT molecular complexity index is 748. The number of hydrogen-bond donors (Lipinski definition) is 1. The van der Waals surface area contributed by atoms with Crippen LogP contribution in [0, 0.1) is 0 Å². The van der Waals surface area contributed by atoms with Crippen LogP contribution in [0.4, 0.5) is 0 Å². The van der Waals surface area contributed by atoms with Crippen LogP contribution in [-0.4, -0.2) is 37.0 Å². The van der Waals surface area contributed by atoms with Crippen LogP contribution in [0.2, 0.25) is 0 Å². The van der Waals surface area contributed by atoms with E-state index in [-0.39, 0.29) is 12.6 Å². The van der Waals surface area contributed by atoms with Crippen LogP contribution in [0.3, 0.4) is 0 Å². The molecule has 0 aromatic heterocycles. The number of aliphatic hydroxyl groups is 1. The van der Waals surface area contributed by atoms with Crippen molar-refractivity contribution in [2.75, 3.05) is 13.2 Å². The third-order valence-corrected chi connectivity index (χ3v) is 6.09. The van der Waals surface area contributed by atoms with Crippen molar-refractivity contribution in [1.29, 1.82) is 0 Å². The third-order valence-electron chi connectivity index (χ3n) is 4.08. The van der Waals surface area contributed by atoms with Crippen molar-refractivity contribution in [2.45, 2.75) is 36.6 Å². The molecule has 22 heavy (non-hydrogen) atoms. The highest BCUT2D eigenvalue weighted by molar-refractivity contribution is 7.89. The van der Waals surface area contributed by atoms with E-state index in [2.05, 4.69) is 0 Å². The second-order valence-electron chi connectivity index (χ2n) is 5.75. The fourth-order valence-electron chi connectivity index (χ4n) is 2.79. The average Bonchev–Trinajstić information content (AvgIpc) is 3.35.